The average Bonchev–Trinajstić information content (AvgIpc) is 2.37. The van der Waals surface area contributed by atoms with Gasteiger partial charge in [0.1, 0.15) is 10.8 Å². The zero-order valence-corrected chi connectivity index (χ0v) is 12.3. The summed E-state index contributed by atoms with van der Waals surface area (Å²) in [7, 11) is 0. The SMILES string of the molecule is NC(=S)c1ccc(NCC2CSCCS2)cc1F. The van der Waals surface area contributed by atoms with Crippen molar-refractivity contribution in [2.75, 3.05) is 29.1 Å². The summed E-state index contributed by atoms with van der Waals surface area (Å²) in [6.45, 7) is 0.865. The lowest BCUT2D eigenvalue weighted by Gasteiger charge is -2.21. The van der Waals surface area contributed by atoms with Crippen LogP contribution in [0.1, 0.15) is 5.56 Å². The maximum Gasteiger partial charge on any atom is 0.135 e. The number of thioether (sulfide) groups is 2. The largest absolute Gasteiger partial charge is 0.389 e. The molecular weight excluding hydrogens is 287 g/mol. The Hall–Kier alpha value is -0.460. The molecule has 2 rings (SSSR count). The molecule has 1 saturated heterocycles. The molecule has 1 fully saturated rings. The summed E-state index contributed by atoms with van der Waals surface area (Å²) in [6, 6.07) is 4.90. The molecule has 3 N–H and O–H groups in total. The fourth-order valence-electron chi connectivity index (χ4n) is 1.71. The predicted molar refractivity (Wildman–Crippen MR) is 84.3 cm³/mol. The molecule has 0 amide bonds. The van der Waals surface area contributed by atoms with Gasteiger partial charge in [-0.25, -0.2) is 4.39 Å². The lowest BCUT2D eigenvalue weighted by atomic mass is 10.2. The number of thiocarbonyl (C=S) groups is 1. The lowest BCUT2D eigenvalue weighted by molar-refractivity contribution is 0.626. The van der Waals surface area contributed by atoms with Crippen molar-refractivity contribution in [3.8, 4) is 0 Å². The van der Waals surface area contributed by atoms with Gasteiger partial charge in [-0.05, 0) is 18.2 Å². The van der Waals surface area contributed by atoms with Gasteiger partial charge >= 0.3 is 0 Å². The topological polar surface area (TPSA) is 38.0 Å². The number of nitrogens with one attached hydrogen (secondary N) is 1. The summed E-state index contributed by atoms with van der Waals surface area (Å²) in [5.74, 6) is 3.23. The van der Waals surface area contributed by atoms with Crippen LogP contribution in [-0.4, -0.2) is 34.0 Å². The Morgan fingerprint density at radius 2 is 2.33 bits per heavy atom. The van der Waals surface area contributed by atoms with Crippen molar-refractivity contribution in [2.24, 2.45) is 5.73 Å². The van der Waals surface area contributed by atoms with E-state index in [1.165, 1.54) is 17.6 Å². The summed E-state index contributed by atoms with van der Waals surface area (Å²) in [5, 5.41) is 3.86. The van der Waals surface area contributed by atoms with Gasteiger partial charge in [0.05, 0.1) is 0 Å². The molecule has 1 aromatic carbocycles. The molecule has 0 bridgehead atoms. The van der Waals surface area contributed by atoms with Gasteiger partial charge in [-0.1, -0.05) is 12.2 Å². The van der Waals surface area contributed by atoms with Crippen LogP contribution >= 0.6 is 35.7 Å². The standard InChI is InChI=1S/C12H15FN2S3/c13-11-5-8(1-2-10(11)12(14)16)15-6-9-7-17-3-4-18-9/h1-2,5,9,15H,3-4,6-7H2,(H2,14,16). The van der Waals surface area contributed by atoms with Gasteiger partial charge in [-0.2, -0.15) is 23.5 Å². The van der Waals surface area contributed by atoms with Crippen LogP contribution in [0.3, 0.4) is 0 Å². The normalized spacial score (nSPS) is 19.5. The van der Waals surface area contributed by atoms with Crippen molar-refractivity contribution in [1.29, 1.82) is 0 Å². The average molecular weight is 302 g/mol. The zero-order valence-electron chi connectivity index (χ0n) is 9.82. The summed E-state index contributed by atoms with van der Waals surface area (Å²) in [5.41, 5.74) is 6.51. The Morgan fingerprint density at radius 3 is 2.94 bits per heavy atom. The summed E-state index contributed by atoms with van der Waals surface area (Å²) >= 11 is 8.73. The third-order valence-corrected chi connectivity index (χ3v) is 5.72. The van der Waals surface area contributed by atoms with Crippen LogP contribution in [0.2, 0.25) is 0 Å². The molecule has 6 heteroatoms. The Kier molecular flexibility index (Phi) is 5.14. The van der Waals surface area contributed by atoms with E-state index in [1.807, 2.05) is 29.6 Å². The van der Waals surface area contributed by atoms with Crippen LogP contribution in [0.5, 0.6) is 0 Å². The van der Waals surface area contributed by atoms with E-state index in [1.54, 1.807) is 6.07 Å². The Balaban J connectivity index is 1.93. The fourth-order valence-corrected chi connectivity index (χ4v) is 4.49. The van der Waals surface area contributed by atoms with E-state index in [0.717, 1.165) is 18.0 Å². The van der Waals surface area contributed by atoms with Crippen molar-refractivity contribution >= 4 is 46.4 Å². The first-order chi connectivity index (χ1) is 8.66. The second kappa shape index (κ2) is 6.63. The van der Waals surface area contributed by atoms with Gasteiger partial charge in [0.2, 0.25) is 0 Å². The Bertz CT molecular complexity index is 433. The number of anilines is 1. The molecule has 2 nitrogen and oxygen atoms in total. The maximum atomic E-state index is 13.6. The van der Waals surface area contributed by atoms with Crippen LogP contribution in [0.15, 0.2) is 18.2 Å². The molecule has 1 aromatic rings. The van der Waals surface area contributed by atoms with Crippen molar-refractivity contribution in [1.82, 2.24) is 0 Å². The zero-order chi connectivity index (χ0) is 13.0. The highest BCUT2D eigenvalue weighted by atomic mass is 32.2. The van der Waals surface area contributed by atoms with Crippen LogP contribution in [0, 0.1) is 5.82 Å². The quantitative estimate of drug-likeness (QED) is 0.837. The van der Waals surface area contributed by atoms with Crippen molar-refractivity contribution in [3.63, 3.8) is 0 Å². The first-order valence-electron chi connectivity index (χ1n) is 5.69. The minimum absolute atomic E-state index is 0.0956. The molecule has 0 radical (unpaired) electrons. The Morgan fingerprint density at radius 1 is 1.50 bits per heavy atom. The molecule has 1 atom stereocenters. The number of hydrogen-bond donors (Lipinski definition) is 2. The van der Waals surface area contributed by atoms with Gasteiger partial charge in [-0.15, -0.1) is 0 Å². The first-order valence-corrected chi connectivity index (χ1v) is 8.30. The molecule has 0 saturated carbocycles. The second-order valence-electron chi connectivity index (χ2n) is 4.01. The molecule has 1 unspecified atom stereocenters. The van der Waals surface area contributed by atoms with E-state index in [9.17, 15) is 4.39 Å². The lowest BCUT2D eigenvalue weighted by Crippen LogP contribution is -2.23. The molecule has 0 spiro atoms. The van der Waals surface area contributed by atoms with Gasteiger partial charge in [0, 0.05) is 40.3 Å². The van der Waals surface area contributed by atoms with E-state index >= 15 is 0 Å². The highest BCUT2D eigenvalue weighted by molar-refractivity contribution is 8.06. The molecule has 0 aromatic heterocycles. The molecule has 18 heavy (non-hydrogen) atoms. The van der Waals surface area contributed by atoms with E-state index < -0.39 is 0 Å². The first kappa shape index (κ1) is 14.0. The van der Waals surface area contributed by atoms with Crippen molar-refractivity contribution < 1.29 is 4.39 Å². The van der Waals surface area contributed by atoms with Crippen molar-refractivity contribution in [3.05, 3.63) is 29.6 Å². The second-order valence-corrected chi connectivity index (χ2v) is 7.01. The fraction of sp³-hybridized carbons (Fsp3) is 0.417. The monoisotopic (exact) mass is 302 g/mol. The minimum atomic E-state index is -0.363. The van der Waals surface area contributed by atoms with Crippen molar-refractivity contribution in [2.45, 2.75) is 5.25 Å². The molecular formula is C12H15FN2S3. The summed E-state index contributed by atoms with van der Waals surface area (Å²) in [6.07, 6.45) is 0. The Labute approximate surface area is 120 Å². The number of nitrogens with two attached hydrogens (primary N) is 1. The highest BCUT2D eigenvalue weighted by Crippen LogP contribution is 2.24. The van der Waals surface area contributed by atoms with E-state index in [4.69, 9.17) is 18.0 Å². The molecule has 1 heterocycles. The van der Waals surface area contributed by atoms with E-state index in [-0.39, 0.29) is 10.8 Å². The number of rotatable bonds is 4. The molecule has 0 aliphatic carbocycles. The van der Waals surface area contributed by atoms with Crippen LogP contribution in [0.25, 0.3) is 0 Å². The highest BCUT2D eigenvalue weighted by Gasteiger charge is 2.14. The third-order valence-electron chi connectivity index (χ3n) is 2.65. The van der Waals surface area contributed by atoms with Gasteiger partial charge in [0.25, 0.3) is 0 Å². The number of hydrogen-bond acceptors (Lipinski definition) is 4. The van der Waals surface area contributed by atoms with Gasteiger partial charge < -0.3 is 11.1 Å². The van der Waals surface area contributed by atoms with Crippen LogP contribution in [-0.2, 0) is 0 Å². The third kappa shape index (κ3) is 3.76. The maximum absolute atomic E-state index is 13.6. The smallest absolute Gasteiger partial charge is 0.135 e. The van der Waals surface area contributed by atoms with E-state index in [0.29, 0.717) is 10.8 Å². The molecule has 1 aliphatic heterocycles. The molecule has 98 valence electrons. The van der Waals surface area contributed by atoms with Gasteiger partial charge in [-0.3, -0.25) is 0 Å². The predicted octanol–water partition coefficient (Wildman–Crippen LogP) is 2.72. The number of benzene rings is 1. The van der Waals surface area contributed by atoms with Crippen LogP contribution < -0.4 is 11.1 Å². The van der Waals surface area contributed by atoms with E-state index in [2.05, 4.69) is 5.32 Å². The van der Waals surface area contributed by atoms with Gasteiger partial charge in [0.15, 0.2) is 0 Å². The number of halogens is 1. The van der Waals surface area contributed by atoms with Crippen LogP contribution in [0.4, 0.5) is 10.1 Å². The summed E-state index contributed by atoms with van der Waals surface area (Å²) in [4.78, 5) is 0.0956. The minimum Gasteiger partial charge on any atom is -0.389 e. The molecule has 1 aliphatic rings. The summed E-state index contributed by atoms with van der Waals surface area (Å²) < 4.78 is 13.6.